The standard InChI is InChI=1S/C15H18ClN3O2/c1-3-10(2)17-13(20)8-9-14-18-15(19-21-14)11-4-6-12(16)7-5-11/h4-7,10H,3,8-9H2,1-2H3,(H,17,20)/t10-/m1/s1. The normalized spacial score (nSPS) is 12.1. The summed E-state index contributed by atoms with van der Waals surface area (Å²) >= 11 is 5.83. The van der Waals surface area contributed by atoms with Gasteiger partial charge in [0.25, 0.3) is 0 Å². The van der Waals surface area contributed by atoms with E-state index in [4.69, 9.17) is 16.1 Å². The Morgan fingerprint density at radius 2 is 2.10 bits per heavy atom. The summed E-state index contributed by atoms with van der Waals surface area (Å²) in [6.07, 6.45) is 1.68. The molecule has 2 rings (SSSR count). The predicted molar refractivity (Wildman–Crippen MR) is 81.0 cm³/mol. The van der Waals surface area contributed by atoms with Crippen LogP contribution in [0.3, 0.4) is 0 Å². The molecule has 1 aromatic heterocycles. The number of rotatable bonds is 6. The second-order valence-corrected chi connectivity index (χ2v) is 5.33. The number of hydrogen-bond acceptors (Lipinski definition) is 4. The maximum Gasteiger partial charge on any atom is 0.227 e. The lowest BCUT2D eigenvalue weighted by atomic mass is 10.2. The third kappa shape index (κ3) is 4.56. The van der Waals surface area contributed by atoms with Crippen molar-refractivity contribution in [2.24, 2.45) is 0 Å². The monoisotopic (exact) mass is 307 g/mol. The number of carbonyl (C=O) groups is 1. The van der Waals surface area contributed by atoms with Crippen molar-refractivity contribution in [3.05, 3.63) is 35.2 Å². The molecule has 1 amide bonds. The van der Waals surface area contributed by atoms with E-state index in [2.05, 4.69) is 15.5 Å². The molecule has 1 atom stereocenters. The van der Waals surface area contributed by atoms with Gasteiger partial charge in [0, 0.05) is 29.5 Å². The largest absolute Gasteiger partial charge is 0.354 e. The van der Waals surface area contributed by atoms with Gasteiger partial charge in [0.1, 0.15) is 0 Å². The van der Waals surface area contributed by atoms with Crippen molar-refractivity contribution >= 4 is 17.5 Å². The zero-order valence-corrected chi connectivity index (χ0v) is 12.9. The molecule has 0 radical (unpaired) electrons. The van der Waals surface area contributed by atoms with Crippen molar-refractivity contribution in [2.75, 3.05) is 0 Å². The summed E-state index contributed by atoms with van der Waals surface area (Å²) in [5, 5.41) is 7.47. The Kier molecular flexibility index (Phi) is 5.33. The molecule has 1 N–H and O–H groups in total. The van der Waals surface area contributed by atoms with Crippen LogP contribution in [0, 0.1) is 0 Å². The topological polar surface area (TPSA) is 68.0 Å². The number of aryl methyl sites for hydroxylation is 1. The zero-order valence-electron chi connectivity index (χ0n) is 12.1. The molecule has 0 aliphatic heterocycles. The van der Waals surface area contributed by atoms with Crippen molar-refractivity contribution in [3.8, 4) is 11.4 Å². The molecule has 2 aromatic rings. The fourth-order valence-corrected chi connectivity index (χ4v) is 1.87. The number of nitrogens with zero attached hydrogens (tertiary/aromatic N) is 2. The summed E-state index contributed by atoms with van der Waals surface area (Å²) in [5.74, 6) is 0.957. The number of halogens is 1. The minimum Gasteiger partial charge on any atom is -0.354 e. The van der Waals surface area contributed by atoms with Gasteiger partial charge in [0.2, 0.25) is 17.6 Å². The van der Waals surface area contributed by atoms with E-state index >= 15 is 0 Å². The highest BCUT2D eigenvalue weighted by atomic mass is 35.5. The van der Waals surface area contributed by atoms with Crippen LogP contribution in [0.5, 0.6) is 0 Å². The van der Waals surface area contributed by atoms with Crippen LogP contribution in [-0.4, -0.2) is 22.1 Å². The van der Waals surface area contributed by atoms with Crippen LogP contribution >= 0.6 is 11.6 Å². The average Bonchev–Trinajstić information content (AvgIpc) is 2.94. The molecule has 0 spiro atoms. The van der Waals surface area contributed by atoms with E-state index in [1.54, 1.807) is 12.1 Å². The average molecular weight is 308 g/mol. The Morgan fingerprint density at radius 3 is 2.76 bits per heavy atom. The van der Waals surface area contributed by atoms with Crippen LogP contribution in [0.15, 0.2) is 28.8 Å². The van der Waals surface area contributed by atoms with Gasteiger partial charge < -0.3 is 9.84 Å². The lowest BCUT2D eigenvalue weighted by Crippen LogP contribution is -2.32. The van der Waals surface area contributed by atoms with Gasteiger partial charge >= 0.3 is 0 Å². The first-order valence-corrected chi connectivity index (χ1v) is 7.34. The van der Waals surface area contributed by atoms with E-state index < -0.39 is 0 Å². The molecule has 1 heterocycles. The molecule has 112 valence electrons. The molecular formula is C15H18ClN3O2. The van der Waals surface area contributed by atoms with Crippen LogP contribution in [0.1, 0.15) is 32.6 Å². The highest BCUT2D eigenvalue weighted by Gasteiger charge is 2.11. The quantitative estimate of drug-likeness (QED) is 0.889. The fraction of sp³-hybridized carbons (Fsp3) is 0.400. The number of benzene rings is 1. The number of amides is 1. The minimum absolute atomic E-state index is 0.00408. The maximum atomic E-state index is 11.7. The van der Waals surface area contributed by atoms with Crippen molar-refractivity contribution in [3.63, 3.8) is 0 Å². The van der Waals surface area contributed by atoms with E-state index in [-0.39, 0.29) is 11.9 Å². The first-order chi connectivity index (χ1) is 10.1. The number of aromatic nitrogens is 2. The van der Waals surface area contributed by atoms with Gasteiger partial charge in [0.15, 0.2) is 0 Å². The first kappa shape index (κ1) is 15.5. The predicted octanol–water partition coefficient (Wildman–Crippen LogP) is 3.24. The molecule has 0 aliphatic carbocycles. The molecule has 0 aliphatic rings. The summed E-state index contributed by atoms with van der Waals surface area (Å²) in [4.78, 5) is 16.0. The molecule has 5 nitrogen and oxygen atoms in total. The van der Waals surface area contributed by atoms with Gasteiger partial charge in [-0.1, -0.05) is 23.7 Å². The first-order valence-electron chi connectivity index (χ1n) is 6.96. The van der Waals surface area contributed by atoms with Gasteiger partial charge in [-0.25, -0.2) is 0 Å². The lowest BCUT2D eigenvalue weighted by molar-refractivity contribution is -0.121. The van der Waals surface area contributed by atoms with Crippen LogP contribution in [0.2, 0.25) is 5.02 Å². The lowest BCUT2D eigenvalue weighted by Gasteiger charge is -2.10. The summed E-state index contributed by atoms with van der Waals surface area (Å²) < 4.78 is 5.16. The van der Waals surface area contributed by atoms with Crippen LogP contribution in [0.25, 0.3) is 11.4 Å². The Hall–Kier alpha value is -1.88. The third-order valence-electron chi connectivity index (χ3n) is 3.16. The van der Waals surface area contributed by atoms with Crippen LogP contribution in [0.4, 0.5) is 0 Å². The van der Waals surface area contributed by atoms with Gasteiger partial charge in [0.05, 0.1) is 0 Å². The molecule has 0 bridgehead atoms. The smallest absolute Gasteiger partial charge is 0.227 e. The van der Waals surface area contributed by atoms with Crippen molar-refractivity contribution in [1.82, 2.24) is 15.5 Å². The van der Waals surface area contributed by atoms with Crippen LogP contribution in [-0.2, 0) is 11.2 Å². The Morgan fingerprint density at radius 1 is 1.38 bits per heavy atom. The Bertz CT molecular complexity index is 595. The van der Waals surface area contributed by atoms with Gasteiger partial charge in [-0.2, -0.15) is 4.98 Å². The molecule has 1 aromatic carbocycles. The number of nitrogens with one attached hydrogen (secondary N) is 1. The van der Waals surface area contributed by atoms with E-state index in [0.29, 0.717) is 29.6 Å². The molecule has 21 heavy (non-hydrogen) atoms. The van der Waals surface area contributed by atoms with E-state index in [9.17, 15) is 4.79 Å². The molecule has 0 saturated heterocycles. The Balaban J connectivity index is 1.91. The highest BCUT2D eigenvalue weighted by molar-refractivity contribution is 6.30. The molecular weight excluding hydrogens is 290 g/mol. The maximum absolute atomic E-state index is 11.7. The van der Waals surface area contributed by atoms with E-state index in [0.717, 1.165) is 12.0 Å². The van der Waals surface area contributed by atoms with Gasteiger partial charge in [-0.15, -0.1) is 0 Å². The molecule has 0 unspecified atom stereocenters. The van der Waals surface area contributed by atoms with Crippen molar-refractivity contribution in [1.29, 1.82) is 0 Å². The molecule has 0 fully saturated rings. The fourth-order valence-electron chi connectivity index (χ4n) is 1.74. The van der Waals surface area contributed by atoms with E-state index in [1.807, 2.05) is 26.0 Å². The second kappa shape index (κ2) is 7.22. The zero-order chi connectivity index (χ0) is 15.2. The summed E-state index contributed by atoms with van der Waals surface area (Å²) in [5.41, 5.74) is 0.832. The summed E-state index contributed by atoms with van der Waals surface area (Å²) in [6.45, 7) is 4.00. The van der Waals surface area contributed by atoms with Crippen molar-refractivity contribution in [2.45, 2.75) is 39.2 Å². The summed E-state index contributed by atoms with van der Waals surface area (Å²) in [7, 11) is 0. The third-order valence-corrected chi connectivity index (χ3v) is 3.41. The van der Waals surface area contributed by atoms with Gasteiger partial charge in [-0.3, -0.25) is 4.79 Å². The van der Waals surface area contributed by atoms with Crippen molar-refractivity contribution < 1.29 is 9.32 Å². The highest BCUT2D eigenvalue weighted by Crippen LogP contribution is 2.18. The minimum atomic E-state index is -0.00408. The van der Waals surface area contributed by atoms with Crippen LogP contribution < -0.4 is 5.32 Å². The Labute approximate surface area is 128 Å². The molecule has 0 saturated carbocycles. The molecule has 6 heteroatoms. The van der Waals surface area contributed by atoms with Gasteiger partial charge in [-0.05, 0) is 37.6 Å². The van der Waals surface area contributed by atoms with E-state index in [1.165, 1.54) is 0 Å². The second-order valence-electron chi connectivity index (χ2n) is 4.90. The SMILES string of the molecule is CC[C@@H](C)NC(=O)CCc1nc(-c2ccc(Cl)cc2)no1. The number of carbonyl (C=O) groups excluding carboxylic acids is 1. The summed E-state index contributed by atoms with van der Waals surface area (Å²) in [6, 6.07) is 7.38. The number of hydrogen-bond donors (Lipinski definition) is 1.